The number of carbonyl (C=O) groups is 1. The Morgan fingerprint density at radius 2 is 2.18 bits per heavy atom. The minimum Gasteiger partial charge on any atom is -0.356 e. The first kappa shape index (κ1) is 21.1. The minimum atomic E-state index is -0.0134. The first-order chi connectivity index (χ1) is 10.0. The molecule has 1 aromatic heterocycles. The Labute approximate surface area is 153 Å². The molecule has 0 saturated carbocycles. The third kappa shape index (κ3) is 7.92. The van der Waals surface area contributed by atoms with Crippen LogP contribution in [0.1, 0.15) is 31.2 Å². The number of hydrogen-bond acceptors (Lipinski definition) is 4. The van der Waals surface area contributed by atoms with Crippen molar-refractivity contribution < 1.29 is 4.79 Å². The smallest absolute Gasteiger partial charge is 0.243 e. The molecule has 0 aromatic carbocycles. The van der Waals surface area contributed by atoms with E-state index in [-0.39, 0.29) is 36.4 Å². The van der Waals surface area contributed by atoms with Gasteiger partial charge in [0.2, 0.25) is 5.91 Å². The third-order valence-electron chi connectivity index (χ3n) is 2.86. The molecule has 0 saturated heterocycles. The summed E-state index contributed by atoms with van der Waals surface area (Å²) in [6.07, 6.45) is 2.82. The van der Waals surface area contributed by atoms with E-state index in [1.165, 1.54) is 0 Å². The molecule has 0 fully saturated rings. The van der Waals surface area contributed by atoms with Gasteiger partial charge in [0, 0.05) is 44.7 Å². The Morgan fingerprint density at radius 1 is 1.45 bits per heavy atom. The molecule has 22 heavy (non-hydrogen) atoms. The van der Waals surface area contributed by atoms with Crippen molar-refractivity contribution in [1.82, 2.24) is 20.5 Å². The maximum absolute atomic E-state index is 11.6. The summed E-state index contributed by atoms with van der Waals surface area (Å²) >= 11 is 1.65. The molecule has 6 nitrogen and oxygen atoms in total. The molecule has 0 aliphatic heterocycles. The highest BCUT2D eigenvalue weighted by molar-refractivity contribution is 14.0. The molecule has 0 spiro atoms. The number of aromatic nitrogens is 1. The molecule has 0 bridgehead atoms. The van der Waals surface area contributed by atoms with Gasteiger partial charge in [0.25, 0.3) is 0 Å². The van der Waals surface area contributed by atoms with Crippen LogP contribution in [0.3, 0.4) is 0 Å². The van der Waals surface area contributed by atoms with Crippen molar-refractivity contribution in [2.24, 2.45) is 4.99 Å². The fraction of sp³-hybridized carbons (Fsp3) is 0.643. The van der Waals surface area contributed by atoms with Crippen LogP contribution in [0.25, 0.3) is 0 Å². The van der Waals surface area contributed by atoms with Gasteiger partial charge in [0.05, 0.1) is 5.01 Å². The zero-order valence-corrected chi connectivity index (χ0v) is 16.8. The van der Waals surface area contributed by atoms with Crippen molar-refractivity contribution in [3.63, 3.8) is 0 Å². The van der Waals surface area contributed by atoms with E-state index in [1.807, 2.05) is 11.6 Å². The topological polar surface area (TPSA) is 69.6 Å². The van der Waals surface area contributed by atoms with E-state index in [2.05, 4.69) is 34.5 Å². The Hall–Kier alpha value is -0.900. The lowest BCUT2D eigenvalue weighted by Gasteiger charge is -2.15. The number of likely N-dealkylation sites (N-methyl/N-ethyl adjacent to an activating group) is 1. The van der Waals surface area contributed by atoms with Gasteiger partial charge in [-0.3, -0.25) is 4.79 Å². The first-order valence-electron chi connectivity index (χ1n) is 7.16. The van der Waals surface area contributed by atoms with Crippen LogP contribution in [0.2, 0.25) is 0 Å². The van der Waals surface area contributed by atoms with Crippen molar-refractivity contribution in [1.29, 1.82) is 0 Å². The number of thiazole rings is 1. The maximum atomic E-state index is 11.6. The van der Waals surface area contributed by atoms with Crippen LogP contribution in [0.5, 0.6) is 0 Å². The van der Waals surface area contributed by atoms with Gasteiger partial charge in [-0.1, -0.05) is 13.8 Å². The second-order valence-electron chi connectivity index (χ2n) is 5.03. The number of aliphatic imine (C=N–C) groups is 1. The van der Waals surface area contributed by atoms with Gasteiger partial charge in [-0.2, -0.15) is 0 Å². The summed E-state index contributed by atoms with van der Waals surface area (Å²) in [6, 6.07) is 0. The number of guanidine groups is 1. The average molecular weight is 439 g/mol. The molecule has 0 radical (unpaired) electrons. The lowest BCUT2D eigenvalue weighted by Crippen LogP contribution is -2.40. The largest absolute Gasteiger partial charge is 0.356 e. The Morgan fingerprint density at radius 3 is 2.73 bits per heavy atom. The van der Waals surface area contributed by atoms with Crippen LogP contribution in [0.4, 0.5) is 0 Å². The van der Waals surface area contributed by atoms with Gasteiger partial charge in [-0.15, -0.1) is 35.3 Å². The Kier molecular flexibility index (Phi) is 11.2. The van der Waals surface area contributed by atoms with Crippen LogP contribution in [-0.4, -0.2) is 55.5 Å². The average Bonchev–Trinajstić information content (AvgIpc) is 2.99. The minimum absolute atomic E-state index is 0. The van der Waals surface area contributed by atoms with E-state index in [4.69, 9.17) is 0 Å². The fourth-order valence-electron chi connectivity index (χ4n) is 1.52. The van der Waals surface area contributed by atoms with Crippen LogP contribution >= 0.6 is 35.3 Å². The zero-order valence-electron chi connectivity index (χ0n) is 13.6. The van der Waals surface area contributed by atoms with Crippen molar-refractivity contribution in [2.45, 2.75) is 26.2 Å². The van der Waals surface area contributed by atoms with Crippen LogP contribution in [0.15, 0.2) is 16.6 Å². The highest BCUT2D eigenvalue weighted by atomic mass is 127. The van der Waals surface area contributed by atoms with E-state index in [1.54, 1.807) is 30.3 Å². The summed E-state index contributed by atoms with van der Waals surface area (Å²) in [6.45, 7) is 5.92. The molecular formula is C14H26IN5OS. The maximum Gasteiger partial charge on any atom is 0.243 e. The SMILES string of the molecule is CCCNC(=NCC(=O)N(C)C)NCC(C)c1nccs1.I. The molecule has 0 aliphatic rings. The van der Waals surface area contributed by atoms with Crippen LogP contribution in [-0.2, 0) is 4.79 Å². The first-order valence-corrected chi connectivity index (χ1v) is 8.04. The van der Waals surface area contributed by atoms with Crippen molar-refractivity contribution in [2.75, 3.05) is 33.7 Å². The summed E-state index contributed by atoms with van der Waals surface area (Å²) < 4.78 is 0. The number of hydrogen-bond donors (Lipinski definition) is 2. The summed E-state index contributed by atoms with van der Waals surface area (Å²) in [5.41, 5.74) is 0. The lowest BCUT2D eigenvalue weighted by molar-refractivity contribution is -0.127. The molecule has 0 aliphatic carbocycles. The van der Waals surface area contributed by atoms with Gasteiger partial charge in [-0.05, 0) is 6.42 Å². The summed E-state index contributed by atoms with van der Waals surface area (Å²) in [5, 5.41) is 9.56. The van der Waals surface area contributed by atoms with E-state index < -0.39 is 0 Å². The predicted molar refractivity (Wildman–Crippen MR) is 103 cm³/mol. The number of nitrogens with zero attached hydrogens (tertiary/aromatic N) is 3. The number of rotatable bonds is 7. The van der Waals surface area contributed by atoms with Gasteiger partial charge < -0.3 is 15.5 Å². The highest BCUT2D eigenvalue weighted by Crippen LogP contribution is 2.16. The second kappa shape index (κ2) is 11.6. The fourth-order valence-corrected chi connectivity index (χ4v) is 2.22. The molecular weight excluding hydrogens is 413 g/mol. The van der Waals surface area contributed by atoms with Crippen molar-refractivity contribution in [3.8, 4) is 0 Å². The Balaban J connectivity index is 0.00000441. The monoisotopic (exact) mass is 439 g/mol. The number of nitrogens with one attached hydrogen (secondary N) is 2. The summed E-state index contributed by atoms with van der Waals surface area (Å²) in [5.74, 6) is 0.971. The van der Waals surface area contributed by atoms with Gasteiger partial charge in [0.15, 0.2) is 5.96 Å². The van der Waals surface area contributed by atoms with Crippen LogP contribution in [0, 0.1) is 0 Å². The second-order valence-corrected chi connectivity index (χ2v) is 5.96. The number of amides is 1. The van der Waals surface area contributed by atoms with Gasteiger partial charge in [-0.25, -0.2) is 9.98 Å². The van der Waals surface area contributed by atoms with Crippen LogP contribution < -0.4 is 10.6 Å². The molecule has 2 N–H and O–H groups in total. The van der Waals surface area contributed by atoms with E-state index in [0.29, 0.717) is 11.9 Å². The van der Waals surface area contributed by atoms with Crippen molar-refractivity contribution in [3.05, 3.63) is 16.6 Å². The zero-order chi connectivity index (χ0) is 15.7. The highest BCUT2D eigenvalue weighted by Gasteiger charge is 2.09. The molecule has 1 unspecified atom stereocenters. The lowest BCUT2D eigenvalue weighted by atomic mass is 10.2. The summed E-state index contributed by atoms with van der Waals surface area (Å²) in [7, 11) is 3.46. The quantitative estimate of drug-likeness (QED) is 0.387. The van der Waals surface area contributed by atoms with E-state index >= 15 is 0 Å². The normalized spacial score (nSPS) is 12.3. The third-order valence-corrected chi connectivity index (χ3v) is 3.87. The molecule has 1 amide bonds. The van der Waals surface area contributed by atoms with E-state index in [0.717, 1.165) is 24.5 Å². The van der Waals surface area contributed by atoms with E-state index in [9.17, 15) is 4.79 Å². The molecule has 8 heteroatoms. The van der Waals surface area contributed by atoms with Gasteiger partial charge in [0.1, 0.15) is 6.54 Å². The summed E-state index contributed by atoms with van der Waals surface area (Å²) in [4.78, 5) is 21.8. The number of carbonyl (C=O) groups excluding carboxylic acids is 1. The molecule has 1 rings (SSSR count). The van der Waals surface area contributed by atoms with Gasteiger partial charge >= 0.3 is 0 Å². The number of halogens is 1. The molecule has 1 aromatic rings. The standard InChI is InChI=1S/C14H25N5OS.HI/c1-5-6-16-14(18-10-12(20)19(3)4)17-9-11(2)13-15-7-8-21-13;/h7-8,11H,5-6,9-10H2,1-4H3,(H2,16,17,18);1H. The molecule has 1 atom stereocenters. The Bertz CT molecular complexity index is 450. The predicted octanol–water partition coefficient (Wildman–Crippen LogP) is 1.90. The molecule has 126 valence electrons. The van der Waals surface area contributed by atoms with Crippen molar-refractivity contribution >= 4 is 47.2 Å². The molecule has 1 heterocycles.